The summed E-state index contributed by atoms with van der Waals surface area (Å²) in [6.07, 6.45) is 1.83. The molecule has 2 amide bonds. The van der Waals surface area contributed by atoms with Gasteiger partial charge in [-0.15, -0.1) is 0 Å². The molecule has 0 bridgehead atoms. The van der Waals surface area contributed by atoms with Crippen molar-refractivity contribution in [3.8, 4) is 0 Å². The number of rotatable bonds is 5. The molecule has 1 aromatic carbocycles. The van der Waals surface area contributed by atoms with Crippen LogP contribution in [0, 0.1) is 11.8 Å². The second kappa shape index (κ2) is 8.29. The average Bonchev–Trinajstić information content (AvgIpc) is 2.60. The van der Waals surface area contributed by atoms with E-state index in [4.69, 9.17) is 4.74 Å². The lowest BCUT2D eigenvalue weighted by Gasteiger charge is -2.35. The van der Waals surface area contributed by atoms with E-state index >= 15 is 0 Å². The number of ether oxygens (including phenoxy) is 1. The fraction of sp³-hybridized carbons (Fsp3) is 0.579. The van der Waals surface area contributed by atoms with E-state index in [0.717, 1.165) is 25.0 Å². The number of hydrogen-bond donors (Lipinski definition) is 1. The molecule has 2 unspecified atom stereocenters. The van der Waals surface area contributed by atoms with E-state index < -0.39 is 0 Å². The van der Waals surface area contributed by atoms with Crippen LogP contribution in [0.3, 0.4) is 0 Å². The van der Waals surface area contributed by atoms with Gasteiger partial charge in [-0.05, 0) is 36.5 Å². The summed E-state index contributed by atoms with van der Waals surface area (Å²) in [5.74, 6) is 0.308. The highest BCUT2D eigenvalue weighted by Gasteiger charge is 2.35. The largest absolute Gasteiger partial charge is 0.377 e. The summed E-state index contributed by atoms with van der Waals surface area (Å²) in [6.45, 7) is 5.49. The van der Waals surface area contributed by atoms with E-state index in [1.54, 1.807) is 24.1 Å². The number of benzene rings is 1. The number of hydrogen-bond acceptors (Lipinski definition) is 3. The minimum absolute atomic E-state index is 0.00401. The van der Waals surface area contributed by atoms with Crippen LogP contribution in [-0.4, -0.2) is 43.5 Å². The van der Waals surface area contributed by atoms with Gasteiger partial charge < -0.3 is 15.0 Å². The average molecular weight is 332 g/mol. The number of amides is 2. The van der Waals surface area contributed by atoms with E-state index in [1.807, 2.05) is 19.2 Å². The zero-order valence-corrected chi connectivity index (χ0v) is 15.0. The van der Waals surface area contributed by atoms with Crippen molar-refractivity contribution in [1.82, 2.24) is 10.2 Å². The minimum atomic E-state index is -0.106. The first-order valence-corrected chi connectivity index (χ1v) is 8.61. The van der Waals surface area contributed by atoms with Crippen LogP contribution in [0.15, 0.2) is 24.3 Å². The molecule has 0 radical (unpaired) electrons. The van der Waals surface area contributed by atoms with Crippen LogP contribution in [0.4, 0.5) is 0 Å². The summed E-state index contributed by atoms with van der Waals surface area (Å²) in [7, 11) is 3.45. The molecule has 1 fully saturated rings. The van der Waals surface area contributed by atoms with Crippen molar-refractivity contribution in [3.63, 3.8) is 0 Å². The molecule has 0 aromatic heterocycles. The van der Waals surface area contributed by atoms with Crippen molar-refractivity contribution >= 4 is 11.8 Å². The molecule has 2 atom stereocenters. The molecule has 1 heterocycles. The maximum atomic E-state index is 12.8. The predicted molar refractivity (Wildman–Crippen MR) is 93.6 cm³/mol. The van der Waals surface area contributed by atoms with Crippen LogP contribution in [0.1, 0.15) is 42.6 Å². The Labute approximate surface area is 144 Å². The standard InChI is InChI=1S/C19H28N2O3/c1-13(2)17-16(6-5-11-24-17)19(23)21(4)12-14-7-9-15(10-8-14)18(22)20-3/h7-10,13,16-17H,5-6,11-12H2,1-4H3,(H,20,22). The number of carbonyl (C=O) groups excluding carboxylic acids is 2. The molecule has 0 saturated carbocycles. The molecule has 5 heteroatoms. The molecule has 1 saturated heterocycles. The lowest BCUT2D eigenvalue weighted by atomic mass is 9.86. The van der Waals surface area contributed by atoms with E-state index in [0.29, 0.717) is 18.0 Å². The first-order valence-electron chi connectivity index (χ1n) is 8.61. The molecule has 132 valence electrons. The number of nitrogens with zero attached hydrogens (tertiary/aromatic N) is 1. The molecule has 1 N–H and O–H groups in total. The molecular weight excluding hydrogens is 304 g/mol. The highest BCUT2D eigenvalue weighted by molar-refractivity contribution is 5.93. The van der Waals surface area contributed by atoms with Gasteiger partial charge in [-0.1, -0.05) is 26.0 Å². The van der Waals surface area contributed by atoms with Crippen LogP contribution >= 0.6 is 0 Å². The van der Waals surface area contributed by atoms with Gasteiger partial charge in [0, 0.05) is 32.8 Å². The minimum Gasteiger partial charge on any atom is -0.377 e. The molecule has 0 spiro atoms. The summed E-state index contributed by atoms with van der Waals surface area (Å²) in [6, 6.07) is 7.36. The van der Waals surface area contributed by atoms with Gasteiger partial charge in [-0.3, -0.25) is 9.59 Å². The van der Waals surface area contributed by atoms with Crippen molar-refractivity contribution in [2.24, 2.45) is 11.8 Å². The molecule has 0 aliphatic carbocycles. The third kappa shape index (κ3) is 4.35. The quantitative estimate of drug-likeness (QED) is 0.901. The smallest absolute Gasteiger partial charge is 0.251 e. The van der Waals surface area contributed by atoms with Crippen molar-refractivity contribution < 1.29 is 14.3 Å². The summed E-state index contributed by atoms with van der Waals surface area (Å²) in [5.41, 5.74) is 1.63. The fourth-order valence-corrected chi connectivity index (χ4v) is 3.26. The van der Waals surface area contributed by atoms with Gasteiger partial charge in [0.05, 0.1) is 12.0 Å². The Bertz CT molecular complexity index is 568. The van der Waals surface area contributed by atoms with Crippen LogP contribution in [-0.2, 0) is 16.1 Å². The maximum absolute atomic E-state index is 12.8. The molecular formula is C19H28N2O3. The second-order valence-electron chi connectivity index (χ2n) is 6.80. The summed E-state index contributed by atoms with van der Waals surface area (Å²) in [5, 5.41) is 2.60. The number of nitrogens with one attached hydrogen (secondary N) is 1. The predicted octanol–water partition coefficient (Wildman–Crippen LogP) is 2.46. The fourth-order valence-electron chi connectivity index (χ4n) is 3.26. The van der Waals surface area contributed by atoms with E-state index in [1.165, 1.54) is 0 Å². The van der Waals surface area contributed by atoms with Crippen LogP contribution < -0.4 is 5.32 Å². The lowest BCUT2D eigenvalue weighted by molar-refractivity contribution is -0.147. The Morgan fingerprint density at radius 3 is 2.54 bits per heavy atom. The van der Waals surface area contributed by atoms with Gasteiger partial charge >= 0.3 is 0 Å². The SMILES string of the molecule is CNC(=O)c1ccc(CN(C)C(=O)C2CCCOC2C(C)C)cc1. The van der Waals surface area contributed by atoms with Gasteiger partial charge in [0.15, 0.2) is 0 Å². The van der Waals surface area contributed by atoms with Crippen LogP contribution in [0.5, 0.6) is 0 Å². The van der Waals surface area contributed by atoms with E-state index in [9.17, 15) is 9.59 Å². The molecule has 5 nitrogen and oxygen atoms in total. The number of carbonyl (C=O) groups is 2. The molecule has 2 rings (SSSR count). The Kier molecular flexibility index (Phi) is 6.37. The monoisotopic (exact) mass is 332 g/mol. The van der Waals surface area contributed by atoms with Crippen molar-refractivity contribution in [3.05, 3.63) is 35.4 Å². The van der Waals surface area contributed by atoms with Gasteiger partial charge in [0.25, 0.3) is 5.91 Å². The Balaban J connectivity index is 2.01. The van der Waals surface area contributed by atoms with E-state index in [2.05, 4.69) is 19.2 Å². The lowest BCUT2D eigenvalue weighted by Crippen LogP contribution is -2.44. The highest BCUT2D eigenvalue weighted by Crippen LogP contribution is 2.28. The van der Waals surface area contributed by atoms with Crippen molar-refractivity contribution in [2.45, 2.75) is 39.3 Å². The van der Waals surface area contributed by atoms with E-state index in [-0.39, 0.29) is 23.8 Å². The molecule has 1 aromatic rings. The van der Waals surface area contributed by atoms with Gasteiger partial charge in [-0.2, -0.15) is 0 Å². The summed E-state index contributed by atoms with van der Waals surface area (Å²) in [4.78, 5) is 26.2. The Morgan fingerprint density at radius 2 is 1.96 bits per heavy atom. The van der Waals surface area contributed by atoms with Gasteiger partial charge in [-0.25, -0.2) is 0 Å². The van der Waals surface area contributed by atoms with Crippen molar-refractivity contribution in [2.75, 3.05) is 20.7 Å². The van der Waals surface area contributed by atoms with Crippen molar-refractivity contribution in [1.29, 1.82) is 0 Å². The molecule has 1 aliphatic heterocycles. The summed E-state index contributed by atoms with van der Waals surface area (Å²) >= 11 is 0. The van der Waals surface area contributed by atoms with Gasteiger partial charge in [0.2, 0.25) is 5.91 Å². The maximum Gasteiger partial charge on any atom is 0.251 e. The molecule has 1 aliphatic rings. The third-order valence-electron chi connectivity index (χ3n) is 4.58. The van der Waals surface area contributed by atoms with Crippen LogP contribution in [0.2, 0.25) is 0 Å². The zero-order valence-electron chi connectivity index (χ0n) is 15.0. The first kappa shape index (κ1) is 18.5. The highest BCUT2D eigenvalue weighted by atomic mass is 16.5. The zero-order chi connectivity index (χ0) is 17.7. The van der Waals surface area contributed by atoms with Gasteiger partial charge in [0.1, 0.15) is 0 Å². The van der Waals surface area contributed by atoms with Crippen LogP contribution in [0.25, 0.3) is 0 Å². The summed E-state index contributed by atoms with van der Waals surface area (Å²) < 4.78 is 5.84. The topological polar surface area (TPSA) is 58.6 Å². The second-order valence-corrected chi connectivity index (χ2v) is 6.80. The Hall–Kier alpha value is -1.88. The Morgan fingerprint density at radius 1 is 1.29 bits per heavy atom. The third-order valence-corrected chi connectivity index (χ3v) is 4.58. The first-order chi connectivity index (χ1) is 11.4. The molecule has 24 heavy (non-hydrogen) atoms. The normalized spacial score (nSPS) is 20.7.